The van der Waals surface area contributed by atoms with Gasteiger partial charge < -0.3 is 24.3 Å². The summed E-state index contributed by atoms with van der Waals surface area (Å²) in [6.07, 6.45) is 2.05. The third-order valence-electron chi connectivity index (χ3n) is 4.33. The Kier molecular flexibility index (Phi) is 4.88. The second-order valence-electron chi connectivity index (χ2n) is 6.13. The number of hydrogen-bond donors (Lipinski definition) is 1. The molecule has 1 aromatic heterocycles. The summed E-state index contributed by atoms with van der Waals surface area (Å²) in [6, 6.07) is 10.5. The SMILES string of the molecule is O=C(N[C@@H]1CCOC[C@H]1Oc1ccccn1)c1ccc2c(c1)OCCO2. The number of rotatable bonds is 4. The largest absolute Gasteiger partial charge is 0.486 e. The zero-order valence-electron chi connectivity index (χ0n) is 14.2. The van der Waals surface area contributed by atoms with Crippen molar-refractivity contribution in [2.24, 2.45) is 0 Å². The zero-order valence-corrected chi connectivity index (χ0v) is 14.2. The Labute approximate surface area is 151 Å². The van der Waals surface area contributed by atoms with E-state index < -0.39 is 0 Å². The number of carbonyl (C=O) groups excluding carboxylic acids is 1. The van der Waals surface area contributed by atoms with E-state index in [0.717, 1.165) is 0 Å². The number of benzene rings is 1. The lowest BCUT2D eigenvalue weighted by molar-refractivity contribution is -0.0153. The van der Waals surface area contributed by atoms with Crippen LogP contribution in [0.15, 0.2) is 42.6 Å². The minimum atomic E-state index is -0.292. The molecule has 7 heteroatoms. The van der Waals surface area contributed by atoms with Gasteiger partial charge in [-0.3, -0.25) is 4.79 Å². The monoisotopic (exact) mass is 356 g/mol. The lowest BCUT2D eigenvalue weighted by Crippen LogP contribution is -2.51. The van der Waals surface area contributed by atoms with Crippen molar-refractivity contribution in [2.75, 3.05) is 26.4 Å². The maximum atomic E-state index is 12.7. The van der Waals surface area contributed by atoms with Crippen LogP contribution in [0.3, 0.4) is 0 Å². The molecule has 26 heavy (non-hydrogen) atoms. The summed E-state index contributed by atoms with van der Waals surface area (Å²) in [5.74, 6) is 1.59. The topological polar surface area (TPSA) is 78.9 Å². The molecule has 2 aliphatic heterocycles. The van der Waals surface area contributed by atoms with Gasteiger partial charge >= 0.3 is 0 Å². The van der Waals surface area contributed by atoms with Crippen LogP contribution in [0.1, 0.15) is 16.8 Å². The Hall–Kier alpha value is -2.80. The van der Waals surface area contributed by atoms with Gasteiger partial charge in [-0.25, -0.2) is 4.98 Å². The fourth-order valence-corrected chi connectivity index (χ4v) is 3.00. The third kappa shape index (κ3) is 3.72. The average Bonchev–Trinajstić information content (AvgIpc) is 2.70. The quantitative estimate of drug-likeness (QED) is 0.900. The smallest absolute Gasteiger partial charge is 0.251 e. The van der Waals surface area contributed by atoms with Gasteiger partial charge in [0, 0.05) is 24.4 Å². The van der Waals surface area contributed by atoms with Crippen molar-refractivity contribution in [1.29, 1.82) is 0 Å². The van der Waals surface area contributed by atoms with E-state index in [0.29, 0.717) is 55.8 Å². The number of pyridine rings is 1. The van der Waals surface area contributed by atoms with Gasteiger partial charge in [0.25, 0.3) is 5.91 Å². The number of ether oxygens (including phenoxy) is 4. The Morgan fingerprint density at radius 1 is 1.12 bits per heavy atom. The van der Waals surface area contributed by atoms with Crippen molar-refractivity contribution in [3.63, 3.8) is 0 Å². The lowest BCUT2D eigenvalue weighted by atomic mass is 10.0. The summed E-state index contributed by atoms with van der Waals surface area (Å²) in [6.45, 7) is 1.99. The second-order valence-corrected chi connectivity index (χ2v) is 6.13. The highest BCUT2D eigenvalue weighted by Crippen LogP contribution is 2.30. The predicted octanol–water partition coefficient (Wildman–Crippen LogP) is 1.82. The van der Waals surface area contributed by atoms with E-state index >= 15 is 0 Å². The molecule has 0 aliphatic carbocycles. The fraction of sp³-hybridized carbons (Fsp3) is 0.368. The van der Waals surface area contributed by atoms with Gasteiger partial charge in [-0.2, -0.15) is 0 Å². The molecule has 1 saturated heterocycles. The standard InChI is InChI=1S/C19H20N2O5/c22-19(13-4-5-15-16(11-13)25-10-9-24-15)21-14-6-8-23-12-17(14)26-18-3-1-2-7-20-18/h1-5,7,11,14,17H,6,8-10,12H2,(H,21,22)/t14-,17-/m1/s1. The molecule has 2 atom stereocenters. The van der Waals surface area contributed by atoms with Crippen molar-refractivity contribution in [2.45, 2.75) is 18.6 Å². The van der Waals surface area contributed by atoms with Crippen LogP contribution in [0, 0.1) is 0 Å². The van der Waals surface area contributed by atoms with Gasteiger partial charge in [0.1, 0.15) is 19.3 Å². The van der Waals surface area contributed by atoms with Gasteiger partial charge in [-0.05, 0) is 30.7 Å². The molecule has 0 spiro atoms. The van der Waals surface area contributed by atoms with Crippen molar-refractivity contribution in [3.05, 3.63) is 48.2 Å². The summed E-state index contributed by atoms with van der Waals surface area (Å²) in [5, 5.41) is 3.04. The summed E-state index contributed by atoms with van der Waals surface area (Å²) in [7, 11) is 0. The van der Waals surface area contributed by atoms with E-state index in [1.54, 1.807) is 30.5 Å². The minimum Gasteiger partial charge on any atom is -0.486 e. The molecule has 3 heterocycles. The van der Waals surface area contributed by atoms with Crippen LogP contribution in [0.2, 0.25) is 0 Å². The first-order valence-corrected chi connectivity index (χ1v) is 8.65. The minimum absolute atomic E-state index is 0.161. The van der Waals surface area contributed by atoms with Gasteiger partial charge in [-0.1, -0.05) is 6.07 Å². The molecule has 1 aromatic carbocycles. The van der Waals surface area contributed by atoms with Crippen LogP contribution in [0.4, 0.5) is 0 Å². The molecule has 7 nitrogen and oxygen atoms in total. The maximum Gasteiger partial charge on any atom is 0.251 e. The Bertz CT molecular complexity index is 768. The lowest BCUT2D eigenvalue weighted by Gasteiger charge is -2.32. The number of amides is 1. The van der Waals surface area contributed by atoms with Gasteiger partial charge in [0.15, 0.2) is 11.5 Å². The third-order valence-corrected chi connectivity index (χ3v) is 4.33. The van der Waals surface area contributed by atoms with Crippen molar-refractivity contribution < 1.29 is 23.7 Å². The van der Waals surface area contributed by atoms with E-state index in [-0.39, 0.29) is 18.1 Å². The highest BCUT2D eigenvalue weighted by atomic mass is 16.6. The van der Waals surface area contributed by atoms with Crippen LogP contribution >= 0.6 is 0 Å². The molecule has 0 radical (unpaired) electrons. The molecule has 1 fully saturated rings. The van der Waals surface area contributed by atoms with Crippen LogP contribution < -0.4 is 19.5 Å². The van der Waals surface area contributed by atoms with E-state index in [4.69, 9.17) is 18.9 Å². The summed E-state index contributed by atoms with van der Waals surface area (Å²) >= 11 is 0. The van der Waals surface area contributed by atoms with E-state index in [1.807, 2.05) is 12.1 Å². The number of aromatic nitrogens is 1. The van der Waals surface area contributed by atoms with Crippen LogP contribution in [0.25, 0.3) is 0 Å². The first-order valence-electron chi connectivity index (χ1n) is 8.65. The first kappa shape index (κ1) is 16.7. The number of nitrogens with zero attached hydrogens (tertiary/aromatic N) is 1. The van der Waals surface area contributed by atoms with Gasteiger partial charge in [-0.15, -0.1) is 0 Å². The van der Waals surface area contributed by atoms with Gasteiger partial charge in [0.2, 0.25) is 5.88 Å². The first-order chi connectivity index (χ1) is 12.8. The summed E-state index contributed by atoms with van der Waals surface area (Å²) < 4.78 is 22.4. The molecular formula is C19H20N2O5. The Morgan fingerprint density at radius 3 is 2.85 bits per heavy atom. The van der Waals surface area contributed by atoms with Crippen molar-refractivity contribution in [3.8, 4) is 17.4 Å². The number of carbonyl (C=O) groups is 1. The molecule has 4 rings (SSSR count). The number of fused-ring (bicyclic) bond motifs is 1. The van der Waals surface area contributed by atoms with Gasteiger partial charge in [0.05, 0.1) is 12.6 Å². The highest BCUT2D eigenvalue weighted by molar-refractivity contribution is 5.95. The molecular weight excluding hydrogens is 336 g/mol. The Balaban J connectivity index is 1.45. The second kappa shape index (κ2) is 7.61. The van der Waals surface area contributed by atoms with Crippen LogP contribution in [-0.2, 0) is 4.74 Å². The van der Waals surface area contributed by atoms with E-state index in [2.05, 4.69) is 10.3 Å². The maximum absolute atomic E-state index is 12.7. The zero-order chi connectivity index (χ0) is 17.8. The molecule has 2 aliphatic rings. The Morgan fingerprint density at radius 2 is 2.00 bits per heavy atom. The predicted molar refractivity (Wildman–Crippen MR) is 92.8 cm³/mol. The molecule has 1 amide bonds. The number of hydrogen-bond acceptors (Lipinski definition) is 6. The molecule has 0 unspecified atom stereocenters. The normalized spacial score (nSPS) is 21.7. The van der Waals surface area contributed by atoms with Crippen LogP contribution in [-0.4, -0.2) is 49.5 Å². The summed E-state index contributed by atoms with van der Waals surface area (Å²) in [4.78, 5) is 16.8. The molecule has 0 saturated carbocycles. The molecule has 1 N–H and O–H groups in total. The molecule has 2 aromatic rings. The fourth-order valence-electron chi connectivity index (χ4n) is 3.00. The highest BCUT2D eigenvalue weighted by Gasteiger charge is 2.30. The average molecular weight is 356 g/mol. The van der Waals surface area contributed by atoms with E-state index in [1.165, 1.54) is 0 Å². The molecule has 0 bridgehead atoms. The number of nitrogens with one attached hydrogen (secondary N) is 1. The molecule has 136 valence electrons. The van der Waals surface area contributed by atoms with Crippen molar-refractivity contribution in [1.82, 2.24) is 10.3 Å². The summed E-state index contributed by atoms with van der Waals surface area (Å²) in [5.41, 5.74) is 0.525. The van der Waals surface area contributed by atoms with E-state index in [9.17, 15) is 4.79 Å². The van der Waals surface area contributed by atoms with Crippen LogP contribution in [0.5, 0.6) is 17.4 Å². The van der Waals surface area contributed by atoms with Crippen molar-refractivity contribution >= 4 is 5.91 Å².